The highest BCUT2D eigenvalue weighted by molar-refractivity contribution is 5.82. The maximum absolute atomic E-state index is 13.7. The number of imidazole rings is 1. The van der Waals surface area contributed by atoms with Crippen LogP contribution in [0.25, 0.3) is 22.5 Å². The normalized spacial score (nSPS) is 18.9. The summed E-state index contributed by atoms with van der Waals surface area (Å²) in [5, 5.41) is 14.3. The van der Waals surface area contributed by atoms with Crippen LogP contribution in [0.5, 0.6) is 0 Å². The van der Waals surface area contributed by atoms with Crippen LogP contribution in [0.3, 0.4) is 0 Å². The number of hydrogen-bond acceptors (Lipinski definition) is 6. The lowest BCUT2D eigenvalue weighted by atomic mass is 10.0. The minimum Gasteiger partial charge on any atom is -0.300 e. The molecule has 37 heavy (non-hydrogen) atoms. The van der Waals surface area contributed by atoms with Crippen LogP contribution in [0, 0.1) is 17.8 Å². The molecule has 1 N–H and O–H groups in total. The summed E-state index contributed by atoms with van der Waals surface area (Å²) in [6.07, 6.45) is 6.61. The number of Topliss-reactive ketones (excluding diaryl/α,β-unsaturated/α-hetero) is 1. The van der Waals surface area contributed by atoms with E-state index in [1.807, 2.05) is 51.7 Å². The molecule has 1 aliphatic rings. The van der Waals surface area contributed by atoms with Crippen LogP contribution in [0.4, 0.5) is 0 Å². The van der Waals surface area contributed by atoms with E-state index in [1.54, 1.807) is 13.1 Å². The summed E-state index contributed by atoms with van der Waals surface area (Å²) in [5.74, 6) is 1.16. The number of H-pyrrole nitrogens is 1. The summed E-state index contributed by atoms with van der Waals surface area (Å²) >= 11 is 0. The molecule has 192 valence electrons. The monoisotopic (exact) mass is 499 g/mol. The van der Waals surface area contributed by atoms with Crippen molar-refractivity contribution in [3.05, 3.63) is 70.7 Å². The SMILES string of the molecule is CCCCc1cn(C2C(C(C)=O)C2C(C)C)c(=O)n1Cc1cc(-c2cccc(-c3nn[nH]n3)c2)ccn1. The van der Waals surface area contributed by atoms with Crippen LogP contribution in [0.15, 0.2) is 53.6 Å². The molecule has 3 atom stereocenters. The van der Waals surface area contributed by atoms with Gasteiger partial charge in [0, 0.05) is 29.6 Å². The minimum absolute atomic E-state index is 0.0567. The third-order valence-electron chi connectivity index (χ3n) is 7.41. The van der Waals surface area contributed by atoms with E-state index in [0.29, 0.717) is 18.3 Å². The van der Waals surface area contributed by atoms with E-state index in [0.717, 1.165) is 47.3 Å². The topological polar surface area (TPSA) is 111 Å². The van der Waals surface area contributed by atoms with Crippen molar-refractivity contribution < 1.29 is 4.79 Å². The van der Waals surface area contributed by atoms with Gasteiger partial charge in [-0.1, -0.05) is 45.4 Å². The van der Waals surface area contributed by atoms with Gasteiger partial charge in [0.25, 0.3) is 0 Å². The van der Waals surface area contributed by atoms with E-state index in [2.05, 4.69) is 46.4 Å². The third-order valence-corrected chi connectivity index (χ3v) is 7.41. The summed E-state index contributed by atoms with van der Waals surface area (Å²) < 4.78 is 3.66. The Hall–Kier alpha value is -3.88. The third kappa shape index (κ3) is 4.90. The Bertz CT molecular complexity index is 1450. The van der Waals surface area contributed by atoms with Crippen LogP contribution >= 0.6 is 0 Å². The van der Waals surface area contributed by atoms with Gasteiger partial charge < -0.3 is 0 Å². The molecule has 1 aromatic carbocycles. The number of unbranched alkanes of at least 4 members (excludes halogenated alkanes) is 1. The first-order valence-electron chi connectivity index (χ1n) is 13.0. The average Bonchev–Trinajstić information content (AvgIpc) is 3.25. The van der Waals surface area contributed by atoms with Crippen molar-refractivity contribution in [2.45, 2.75) is 59.5 Å². The number of carbonyl (C=O) groups excluding carboxylic acids is 1. The first kappa shape index (κ1) is 24.8. The zero-order valence-electron chi connectivity index (χ0n) is 21.8. The van der Waals surface area contributed by atoms with E-state index < -0.39 is 0 Å². The number of nitrogens with zero attached hydrogens (tertiary/aromatic N) is 6. The quantitative estimate of drug-likeness (QED) is 0.348. The second kappa shape index (κ2) is 10.2. The van der Waals surface area contributed by atoms with Crippen LogP contribution < -0.4 is 5.69 Å². The predicted octanol–water partition coefficient (Wildman–Crippen LogP) is 4.31. The molecular weight excluding hydrogens is 466 g/mol. The summed E-state index contributed by atoms with van der Waals surface area (Å²) in [6.45, 7) is 8.43. The number of tetrazole rings is 1. The van der Waals surface area contributed by atoms with Crippen LogP contribution in [0.2, 0.25) is 0 Å². The zero-order valence-corrected chi connectivity index (χ0v) is 21.8. The Balaban J connectivity index is 1.47. The number of nitrogens with one attached hydrogen (secondary N) is 1. The number of carbonyl (C=O) groups is 1. The average molecular weight is 500 g/mol. The number of aryl methyl sites for hydroxylation is 1. The van der Waals surface area contributed by atoms with Gasteiger partial charge in [-0.2, -0.15) is 5.21 Å². The fourth-order valence-corrected chi connectivity index (χ4v) is 5.51. The van der Waals surface area contributed by atoms with Crippen LogP contribution in [0.1, 0.15) is 58.0 Å². The van der Waals surface area contributed by atoms with Gasteiger partial charge in [-0.25, -0.2) is 4.79 Å². The van der Waals surface area contributed by atoms with Crippen molar-refractivity contribution >= 4 is 5.78 Å². The molecule has 0 saturated heterocycles. The minimum atomic E-state index is -0.0829. The maximum atomic E-state index is 13.7. The van der Waals surface area contributed by atoms with Crippen molar-refractivity contribution in [2.75, 3.05) is 0 Å². The van der Waals surface area contributed by atoms with Gasteiger partial charge in [-0.15, -0.1) is 10.2 Å². The number of rotatable bonds is 10. The molecule has 3 unspecified atom stereocenters. The second-order valence-electron chi connectivity index (χ2n) is 10.3. The van der Waals surface area contributed by atoms with Crippen molar-refractivity contribution in [3.8, 4) is 22.5 Å². The molecule has 9 heteroatoms. The van der Waals surface area contributed by atoms with Gasteiger partial charge >= 0.3 is 5.69 Å². The molecule has 0 amide bonds. The molecule has 1 saturated carbocycles. The summed E-state index contributed by atoms with van der Waals surface area (Å²) in [6, 6.07) is 11.9. The highest BCUT2D eigenvalue weighted by Gasteiger charge is 2.56. The highest BCUT2D eigenvalue weighted by atomic mass is 16.2. The molecule has 0 spiro atoms. The van der Waals surface area contributed by atoms with Gasteiger partial charge in [-0.05, 0) is 66.1 Å². The lowest BCUT2D eigenvalue weighted by Crippen LogP contribution is -2.26. The number of pyridine rings is 1. The summed E-state index contributed by atoms with van der Waals surface area (Å²) in [7, 11) is 0. The summed E-state index contributed by atoms with van der Waals surface area (Å²) in [4.78, 5) is 30.6. The molecule has 1 fully saturated rings. The molecule has 5 rings (SSSR count). The van der Waals surface area contributed by atoms with Gasteiger partial charge in [-0.3, -0.25) is 18.9 Å². The predicted molar refractivity (Wildman–Crippen MR) is 141 cm³/mol. The van der Waals surface area contributed by atoms with Crippen molar-refractivity contribution in [3.63, 3.8) is 0 Å². The maximum Gasteiger partial charge on any atom is 0.328 e. The molecule has 3 heterocycles. The Morgan fingerprint density at radius 3 is 2.59 bits per heavy atom. The number of benzene rings is 1. The van der Waals surface area contributed by atoms with Gasteiger partial charge in [0.15, 0.2) is 0 Å². The van der Waals surface area contributed by atoms with E-state index in [4.69, 9.17) is 0 Å². The first-order chi connectivity index (χ1) is 17.9. The molecule has 4 aromatic rings. The Morgan fingerprint density at radius 2 is 1.92 bits per heavy atom. The number of aromatic nitrogens is 7. The smallest absolute Gasteiger partial charge is 0.300 e. The number of ketones is 1. The second-order valence-corrected chi connectivity index (χ2v) is 10.3. The lowest BCUT2D eigenvalue weighted by Gasteiger charge is -2.09. The molecule has 0 bridgehead atoms. The van der Waals surface area contributed by atoms with E-state index in [-0.39, 0.29) is 29.4 Å². The standard InChI is InChI=1S/C28H33N7O2/c1-5-6-10-23-16-35(26-24(17(2)3)25(26)18(4)36)28(37)34(23)15-22-14-20(11-12-29-22)19-8-7-9-21(13-19)27-30-32-33-31-27/h7-9,11-14,16-17,24-26H,5-6,10,15H2,1-4H3,(H,30,31,32,33). The Morgan fingerprint density at radius 1 is 1.14 bits per heavy atom. The Kier molecular flexibility index (Phi) is 6.86. The molecule has 1 aliphatic carbocycles. The molecule has 9 nitrogen and oxygen atoms in total. The summed E-state index contributed by atoms with van der Waals surface area (Å²) in [5.41, 5.74) is 4.61. The Labute approximate surface area is 216 Å². The number of hydrogen-bond donors (Lipinski definition) is 1. The van der Waals surface area contributed by atoms with E-state index in [1.165, 1.54) is 0 Å². The van der Waals surface area contributed by atoms with Crippen LogP contribution in [-0.2, 0) is 17.8 Å². The van der Waals surface area contributed by atoms with Crippen molar-refractivity contribution in [1.29, 1.82) is 0 Å². The van der Waals surface area contributed by atoms with Gasteiger partial charge in [0.05, 0.1) is 18.3 Å². The van der Waals surface area contributed by atoms with Crippen molar-refractivity contribution in [2.24, 2.45) is 17.8 Å². The fraction of sp³-hybridized carbons (Fsp3) is 0.429. The molecular formula is C28H33N7O2. The molecule has 0 radical (unpaired) electrons. The zero-order chi connectivity index (χ0) is 26.1. The fourth-order valence-electron chi connectivity index (χ4n) is 5.51. The van der Waals surface area contributed by atoms with Crippen LogP contribution in [-0.4, -0.2) is 40.5 Å². The molecule has 3 aromatic heterocycles. The van der Waals surface area contributed by atoms with E-state index in [9.17, 15) is 9.59 Å². The van der Waals surface area contributed by atoms with Gasteiger partial charge in [0.2, 0.25) is 5.82 Å². The number of aromatic amines is 1. The molecule has 0 aliphatic heterocycles. The first-order valence-corrected chi connectivity index (χ1v) is 13.0. The van der Waals surface area contributed by atoms with E-state index >= 15 is 0 Å². The van der Waals surface area contributed by atoms with Gasteiger partial charge in [0.1, 0.15) is 5.78 Å². The highest BCUT2D eigenvalue weighted by Crippen LogP contribution is 2.54. The van der Waals surface area contributed by atoms with Crippen molar-refractivity contribution in [1.82, 2.24) is 34.7 Å². The largest absolute Gasteiger partial charge is 0.328 e. The lowest BCUT2D eigenvalue weighted by molar-refractivity contribution is -0.118.